The van der Waals surface area contributed by atoms with Crippen LogP contribution in [0.5, 0.6) is 0 Å². The maximum Gasteiger partial charge on any atom is 0.191 e. The third kappa shape index (κ3) is 5.73. The highest BCUT2D eigenvalue weighted by Gasteiger charge is 2.18. The zero-order chi connectivity index (χ0) is 16.8. The summed E-state index contributed by atoms with van der Waals surface area (Å²) in [5.74, 6) is 1.76. The molecular weight excluding hydrogens is 425 g/mol. The van der Waals surface area contributed by atoms with Gasteiger partial charge < -0.3 is 10.6 Å². The molecule has 6 heteroatoms. The van der Waals surface area contributed by atoms with Crippen molar-refractivity contribution in [3.8, 4) is 5.69 Å². The number of hydrogen-bond acceptors (Lipinski definition) is 2. The van der Waals surface area contributed by atoms with Crippen LogP contribution in [0.25, 0.3) is 5.69 Å². The first-order valence-electron chi connectivity index (χ1n) is 8.80. The molecular formula is C19H28IN5. The first-order chi connectivity index (χ1) is 11.7. The van der Waals surface area contributed by atoms with Crippen LogP contribution < -0.4 is 10.6 Å². The topological polar surface area (TPSA) is 54.2 Å². The number of hydrogen-bond donors (Lipinski definition) is 2. The van der Waals surface area contributed by atoms with Crippen LogP contribution in [0.4, 0.5) is 0 Å². The van der Waals surface area contributed by atoms with Crippen LogP contribution in [0.1, 0.15) is 38.2 Å². The Morgan fingerprint density at radius 2 is 1.92 bits per heavy atom. The summed E-state index contributed by atoms with van der Waals surface area (Å²) in [5, 5.41) is 11.2. The highest BCUT2D eigenvalue weighted by Crippen LogP contribution is 2.23. The second-order valence-electron chi connectivity index (χ2n) is 6.64. The molecule has 25 heavy (non-hydrogen) atoms. The number of nitrogens with one attached hydrogen (secondary N) is 2. The molecule has 1 fully saturated rings. The van der Waals surface area contributed by atoms with Crippen molar-refractivity contribution in [1.82, 2.24) is 20.4 Å². The van der Waals surface area contributed by atoms with Gasteiger partial charge in [0.2, 0.25) is 0 Å². The standard InChI is InChI=1S/C19H27N5.HI/c1-15-4-8-17(9-5-15)23-19(20-2)21-14-16-6-10-18(11-7-16)24-13-3-12-22-24;/h3,6-7,10-13,15,17H,4-5,8-9,14H2,1-2H3,(H2,20,21,23);1H. The molecule has 2 aromatic rings. The van der Waals surface area contributed by atoms with Gasteiger partial charge in [0.15, 0.2) is 5.96 Å². The molecule has 0 amide bonds. The molecule has 5 nitrogen and oxygen atoms in total. The van der Waals surface area contributed by atoms with Gasteiger partial charge in [0.1, 0.15) is 0 Å². The molecule has 1 saturated carbocycles. The largest absolute Gasteiger partial charge is 0.354 e. The second-order valence-corrected chi connectivity index (χ2v) is 6.64. The minimum absolute atomic E-state index is 0. The van der Waals surface area contributed by atoms with E-state index in [0.29, 0.717) is 6.04 Å². The maximum absolute atomic E-state index is 4.35. The predicted molar refractivity (Wildman–Crippen MR) is 114 cm³/mol. The van der Waals surface area contributed by atoms with Gasteiger partial charge in [0, 0.05) is 32.0 Å². The number of nitrogens with zero attached hydrogens (tertiary/aromatic N) is 3. The third-order valence-corrected chi connectivity index (χ3v) is 4.75. The summed E-state index contributed by atoms with van der Waals surface area (Å²) in [6.45, 7) is 3.11. The van der Waals surface area contributed by atoms with E-state index in [0.717, 1.165) is 24.1 Å². The lowest BCUT2D eigenvalue weighted by Gasteiger charge is -2.28. The van der Waals surface area contributed by atoms with Gasteiger partial charge in [-0.1, -0.05) is 19.1 Å². The lowest BCUT2D eigenvalue weighted by atomic mass is 9.87. The number of benzene rings is 1. The Bertz CT molecular complexity index is 643. The molecule has 1 aromatic heterocycles. The summed E-state index contributed by atoms with van der Waals surface area (Å²) in [4.78, 5) is 4.35. The molecule has 0 saturated heterocycles. The Labute approximate surface area is 167 Å². The zero-order valence-electron chi connectivity index (χ0n) is 15.0. The Balaban J connectivity index is 0.00000225. The van der Waals surface area contributed by atoms with E-state index < -0.39 is 0 Å². The van der Waals surface area contributed by atoms with Crippen LogP contribution in [-0.4, -0.2) is 28.8 Å². The van der Waals surface area contributed by atoms with Gasteiger partial charge >= 0.3 is 0 Å². The minimum Gasteiger partial charge on any atom is -0.354 e. The Kier molecular flexibility index (Phi) is 7.74. The van der Waals surface area contributed by atoms with Gasteiger partial charge in [-0.05, 0) is 55.4 Å². The number of halogens is 1. The summed E-state index contributed by atoms with van der Waals surface area (Å²) in [7, 11) is 1.83. The van der Waals surface area contributed by atoms with E-state index in [1.54, 1.807) is 6.20 Å². The van der Waals surface area contributed by atoms with Crippen molar-refractivity contribution >= 4 is 29.9 Å². The summed E-state index contributed by atoms with van der Waals surface area (Å²) in [5.41, 5.74) is 2.30. The summed E-state index contributed by atoms with van der Waals surface area (Å²) < 4.78 is 1.86. The maximum atomic E-state index is 4.35. The monoisotopic (exact) mass is 453 g/mol. The smallest absolute Gasteiger partial charge is 0.191 e. The molecule has 3 rings (SSSR count). The Morgan fingerprint density at radius 3 is 2.52 bits per heavy atom. The van der Waals surface area contributed by atoms with Crippen LogP contribution in [0, 0.1) is 5.92 Å². The lowest BCUT2D eigenvalue weighted by molar-refractivity contribution is 0.329. The number of guanidine groups is 1. The van der Waals surface area contributed by atoms with Crippen LogP contribution in [0.15, 0.2) is 47.7 Å². The van der Waals surface area contributed by atoms with Crippen LogP contribution in [-0.2, 0) is 6.54 Å². The fourth-order valence-electron chi connectivity index (χ4n) is 3.17. The molecule has 0 radical (unpaired) electrons. The SMILES string of the molecule is CN=C(NCc1ccc(-n2cccn2)cc1)NC1CCC(C)CC1.I. The Morgan fingerprint density at radius 1 is 1.20 bits per heavy atom. The second kappa shape index (κ2) is 9.79. The molecule has 1 aliphatic carbocycles. The van der Waals surface area contributed by atoms with Crippen LogP contribution in [0.3, 0.4) is 0 Å². The van der Waals surface area contributed by atoms with Crippen molar-refractivity contribution in [2.24, 2.45) is 10.9 Å². The molecule has 0 atom stereocenters. The molecule has 0 bridgehead atoms. The van der Waals surface area contributed by atoms with E-state index in [1.165, 1.54) is 31.2 Å². The molecule has 0 aliphatic heterocycles. The average molecular weight is 453 g/mol. The van der Waals surface area contributed by atoms with Gasteiger partial charge in [0.05, 0.1) is 5.69 Å². The quantitative estimate of drug-likeness (QED) is 0.422. The summed E-state index contributed by atoms with van der Waals surface area (Å²) >= 11 is 0. The van der Waals surface area contributed by atoms with Gasteiger partial charge in [-0.2, -0.15) is 5.10 Å². The van der Waals surface area contributed by atoms with Crippen molar-refractivity contribution in [2.45, 2.75) is 45.2 Å². The van der Waals surface area contributed by atoms with Gasteiger partial charge in [-0.3, -0.25) is 4.99 Å². The fourth-order valence-corrected chi connectivity index (χ4v) is 3.17. The van der Waals surface area contributed by atoms with E-state index in [9.17, 15) is 0 Å². The average Bonchev–Trinajstić information content (AvgIpc) is 3.15. The van der Waals surface area contributed by atoms with Crippen LogP contribution >= 0.6 is 24.0 Å². The van der Waals surface area contributed by atoms with E-state index >= 15 is 0 Å². The molecule has 1 aromatic carbocycles. The third-order valence-electron chi connectivity index (χ3n) is 4.75. The highest BCUT2D eigenvalue weighted by molar-refractivity contribution is 14.0. The van der Waals surface area contributed by atoms with Gasteiger partial charge in [0.25, 0.3) is 0 Å². The first kappa shape index (κ1) is 19.8. The van der Waals surface area contributed by atoms with E-state index in [1.807, 2.05) is 24.0 Å². The van der Waals surface area contributed by atoms with E-state index in [4.69, 9.17) is 0 Å². The number of rotatable bonds is 4. The minimum atomic E-state index is 0. The predicted octanol–water partition coefficient (Wildman–Crippen LogP) is 3.73. The molecule has 0 spiro atoms. The molecule has 2 N–H and O–H groups in total. The normalized spacial score (nSPS) is 20.6. The molecule has 1 heterocycles. The van der Waals surface area contributed by atoms with Crippen molar-refractivity contribution in [2.75, 3.05) is 7.05 Å². The van der Waals surface area contributed by atoms with Crippen molar-refractivity contribution in [1.29, 1.82) is 0 Å². The summed E-state index contributed by atoms with van der Waals surface area (Å²) in [6, 6.07) is 10.9. The number of aromatic nitrogens is 2. The lowest BCUT2D eigenvalue weighted by Crippen LogP contribution is -2.44. The van der Waals surface area contributed by atoms with Crippen molar-refractivity contribution in [3.05, 3.63) is 48.3 Å². The van der Waals surface area contributed by atoms with E-state index in [2.05, 4.69) is 51.9 Å². The summed E-state index contributed by atoms with van der Waals surface area (Å²) in [6.07, 6.45) is 8.83. The molecule has 0 unspecified atom stereocenters. The number of aliphatic imine (C=N–C) groups is 1. The van der Waals surface area contributed by atoms with Gasteiger partial charge in [-0.25, -0.2) is 4.68 Å². The first-order valence-corrected chi connectivity index (χ1v) is 8.80. The Hall–Kier alpha value is -1.57. The van der Waals surface area contributed by atoms with Crippen LogP contribution in [0.2, 0.25) is 0 Å². The van der Waals surface area contributed by atoms with Gasteiger partial charge in [-0.15, -0.1) is 24.0 Å². The van der Waals surface area contributed by atoms with Crippen molar-refractivity contribution in [3.63, 3.8) is 0 Å². The fraction of sp³-hybridized carbons (Fsp3) is 0.474. The molecule has 1 aliphatic rings. The van der Waals surface area contributed by atoms with Crippen molar-refractivity contribution < 1.29 is 0 Å². The zero-order valence-corrected chi connectivity index (χ0v) is 17.3. The highest BCUT2D eigenvalue weighted by atomic mass is 127. The molecule has 136 valence electrons. The van der Waals surface area contributed by atoms with E-state index in [-0.39, 0.29) is 24.0 Å².